The highest BCUT2D eigenvalue weighted by atomic mass is 16.5. The molecule has 38 heavy (non-hydrogen) atoms. The van der Waals surface area contributed by atoms with E-state index in [1.165, 1.54) is 0 Å². The molecule has 1 saturated heterocycles. The van der Waals surface area contributed by atoms with Gasteiger partial charge in [0.25, 0.3) is 0 Å². The number of methoxy groups -OCH3 is 2. The van der Waals surface area contributed by atoms with Gasteiger partial charge in [-0.1, -0.05) is 48.0 Å². The predicted octanol–water partition coefficient (Wildman–Crippen LogP) is 3.02. The number of ether oxygens (including phenoxy) is 2. The molecule has 1 N–H and O–H groups in total. The van der Waals surface area contributed by atoms with Crippen LogP contribution in [0.4, 0.5) is 0 Å². The normalized spacial score (nSPS) is 20.8. The summed E-state index contributed by atoms with van der Waals surface area (Å²) in [5.41, 5.74) is 0. The van der Waals surface area contributed by atoms with E-state index in [1.54, 1.807) is 26.2 Å². The van der Waals surface area contributed by atoms with Gasteiger partial charge in [-0.05, 0) is 51.6 Å². The molecule has 0 radical (unpaired) electrons. The Labute approximate surface area is 231 Å². The summed E-state index contributed by atoms with van der Waals surface area (Å²) < 4.78 is 11.4. The van der Waals surface area contributed by atoms with E-state index in [2.05, 4.69) is 19.2 Å². The minimum Gasteiger partial charge on any atom is -0.380 e. The van der Waals surface area contributed by atoms with E-state index in [0.717, 1.165) is 19.3 Å². The highest BCUT2D eigenvalue weighted by molar-refractivity contribution is 5.90. The summed E-state index contributed by atoms with van der Waals surface area (Å²) in [5, 5.41) is 3.04. The number of rotatable bonds is 15. The van der Waals surface area contributed by atoms with Crippen molar-refractivity contribution in [2.24, 2.45) is 17.8 Å². The summed E-state index contributed by atoms with van der Waals surface area (Å²) in [6.07, 6.45) is 2.37. The number of likely N-dealkylation sites (tertiary alicyclic amines) is 1. The molecule has 1 aliphatic rings. The summed E-state index contributed by atoms with van der Waals surface area (Å²) in [7, 11) is 8.81. The first-order valence-electron chi connectivity index (χ1n) is 14.3. The molecule has 3 amide bonds. The number of carbonyl (C=O) groups is 3. The summed E-state index contributed by atoms with van der Waals surface area (Å²) in [6.45, 7) is 14.8. The summed E-state index contributed by atoms with van der Waals surface area (Å²) >= 11 is 0. The number of likely N-dealkylation sites (N-methyl/N-ethyl adjacent to an activating group) is 2. The Balaban J connectivity index is 3.19. The molecule has 1 fully saturated rings. The predicted molar refractivity (Wildman–Crippen MR) is 152 cm³/mol. The van der Waals surface area contributed by atoms with Crippen LogP contribution in [0.25, 0.3) is 0 Å². The van der Waals surface area contributed by atoms with E-state index in [0.29, 0.717) is 6.54 Å². The van der Waals surface area contributed by atoms with Gasteiger partial charge < -0.3 is 24.6 Å². The standard InChI is InChI=1S/C29H56N4O5/c1-13-20(6)27(23(38-12)17-24(34)33-16-14-15-22(33)21(7)37-11)32(10)29(36)25(18(2)3)30-28(35)26(19(4)5)31(8)9/h18-23,25-27H,13-17H2,1-12H3,(H,30,35)/t20?,21?,22-,23?,25-,26-,27?/m0/s1. The fourth-order valence-corrected chi connectivity index (χ4v) is 5.87. The number of nitrogens with zero attached hydrogens (tertiary/aromatic N) is 3. The van der Waals surface area contributed by atoms with Crippen LogP contribution in [0, 0.1) is 17.8 Å². The van der Waals surface area contributed by atoms with E-state index in [1.807, 2.05) is 58.5 Å². The Kier molecular flexibility index (Phi) is 14.2. The highest BCUT2D eigenvalue weighted by Gasteiger charge is 2.40. The maximum Gasteiger partial charge on any atom is 0.245 e. The van der Waals surface area contributed by atoms with Crippen LogP contribution in [0.15, 0.2) is 0 Å². The first-order chi connectivity index (χ1) is 17.7. The quantitative estimate of drug-likeness (QED) is 0.343. The van der Waals surface area contributed by atoms with Gasteiger partial charge in [0.2, 0.25) is 17.7 Å². The minimum absolute atomic E-state index is 0.0249. The van der Waals surface area contributed by atoms with Crippen LogP contribution >= 0.6 is 0 Å². The van der Waals surface area contributed by atoms with Gasteiger partial charge in [-0.2, -0.15) is 0 Å². The van der Waals surface area contributed by atoms with Crippen LogP contribution < -0.4 is 5.32 Å². The van der Waals surface area contributed by atoms with Crippen molar-refractivity contribution in [2.75, 3.05) is 41.9 Å². The second-order valence-corrected chi connectivity index (χ2v) is 11.9. The molecule has 0 bridgehead atoms. The second-order valence-electron chi connectivity index (χ2n) is 11.9. The lowest BCUT2D eigenvalue weighted by Crippen LogP contribution is -2.59. The molecule has 0 aromatic heterocycles. The molecule has 0 spiro atoms. The van der Waals surface area contributed by atoms with E-state index < -0.39 is 12.1 Å². The molecule has 9 heteroatoms. The minimum atomic E-state index is -0.682. The van der Waals surface area contributed by atoms with Crippen molar-refractivity contribution < 1.29 is 23.9 Å². The zero-order chi connectivity index (χ0) is 29.3. The fraction of sp³-hybridized carbons (Fsp3) is 0.897. The monoisotopic (exact) mass is 540 g/mol. The SMILES string of the molecule is CCC(C)C(C(CC(=O)N1CCC[C@H]1C(C)OC)OC)N(C)C(=O)[C@@H](NC(=O)[C@H](C(C)C)N(C)C)C(C)C. The molecule has 0 aromatic carbocycles. The molecular formula is C29H56N4O5. The molecule has 9 nitrogen and oxygen atoms in total. The van der Waals surface area contributed by atoms with Crippen molar-refractivity contribution in [2.45, 2.75) is 111 Å². The number of nitrogens with one attached hydrogen (secondary N) is 1. The second kappa shape index (κ2) is 15.8. The van der Waals surface area contributed by atoms with Crippen LogP contribution in [0.2, 0.25) is 0 Å². The highest BCUT2D eigenvalue weighted by Crippen LogP contribution is 2.27. The molecule has 1 heterocycles. The lowest BCUT2D eigenvalue weighted by molar-refractivity contribution is -0.147. The topological polar surface area (TPSA) is 91.4 Å². The zero-order valence-corrected chi connectivity index (χ0v) is 26.1. The van der Waals surface area contributed by atoms with Gasteiger partial charge in [0.1, 0.15) is 6.04 Å². The Bertz CT molecular complexity index is 751. The molecule has 7 atom stereocenters. The third-order valence-corrected chi connectivity index (χ3v) is 8.30. The van der Waals surface area contributed by atoms with E-state index in [4.69, 9.17) is 9.47 Å². The Morgan fingerprint density at radius 1 is 0.974 bits per heavy atom. The van der Waals surface area contributed by atoms with Crippen LogP contribution in [-0.2, 0) is 23.9 Å². The van der Waals surface area contributed by atoms with E-state index in [-0.39, 0.29) is 66.1 Å². The average Bonchev–Trinajstić information content (AvgIpc) is 3.35. The lowest BCUT2D eigenvalue weighted by atomic mass is 9.89. The Morgan fingerprint density at radius 2 is 1.58 bits per heavy atom. The Morgan fingerprint density at radius 3 is 2.03 bits per heavy atom. The number of carbonyl (C=O) groups excluding carboxylic acids is 3. The smallest absolute Gasteiger partial charge is 0.245 e. The molecule has 1 rings (SSSR count). The summed E-state index contributed by atoms with van der Waals surface area (Å²) in [6, 6.07) is -1.29. The largest absolute Gasteiger partial charge is 0.380 e. The molecule has 0 saturated carbocycles. The van der Waals surface area contributed by atoms with Crippen molar-refractivity contribution in [3.05, 3.63) is 0 Å². The number of amides is 3. The molecule has 0 aliphatic carbocycles. The third kappa shape index (κ3) is 8.65. The zero-order valence-electron chi connectivity index (χ0n) is 26.1. The number of hydrogen-bond donors (Lipinski definition) is 1. The van der Waals surface area contributed by atoms with Crippen LogP contribution in [0.3, 0.4) is 0 Å². The molecule has 222 valence electrons. The van der Waals surface area contributed by atoms with Gasteiger partial charge in [-0.3, -0.25) is 19.3 Å². The lowest BCUT2D eigenvalue weighted by Gasteiger charge is -2.41. The third-order valence-electron chi connectivity index (χ3n) is 8.30. The van der Waals surface area contributed by atoms with Gasteiger partial charge in [-0.15, -0.1) is 0 Å². The van der Waals surface area contributed by atoms with Crippen molar-refractivity contribution in [3.63, 3.8) is 0 Å². The van der Waals surface area contributed by atoms with Gasteiger partial charge in [0.05, 0.1) is 36.8 Å². The molecule has 1 aliphatic heterocycles. The fourth-order valence-electron chi connectivity index (χ4n) is 5.87. The summed E-state index contributed by atoms with van der Waals surface area (Å²) in [4.78, 5) is 46.1. The van der Waals surface area contributed by atoms with Crippen LogP contribution in [0.1, 0.15) is 74.1 Å². The Hall–Kier alpha value is -1.71. The van der Waals surface area contributed by atoms with Crippen molar-refractivity contribution in [1.82, 2.24) is 20.0 Å². The molecular weight excluding hydrogens is 484 g/mol. The van der Waals surface area contributed by atoms with Crippen molar-refractivity contribution in [3.8, 4) is 0 Å². The first-order valence-corrected chi connectivity index (χ1v) is 14.3. The average molecular weight is 541 g/mol. The van der Waals surface area contributed by atoms with Crippen LogP contribution in [-0.4, -0.2) is 111 Å². The van der Waals surface area contributed by atoms with Gasteiger partial charge in [-0.25, -0.2) is 0 Å². The van der Waals surface area contributed by atoms with E-state index in [9.17, 15) is 14.4 Å². The maximum atomic E-state index is 13.9. The van der Waals surface area contributed by atoms with Crippen molar-refractivity contribution >= 4 is 17.7 Å². The summed E-state index contributed by atoms with van der Waals surface area (Å²) in [5.74, 6) is -0.222. The van der Waals surface area contributed by atoms with Gasteiger partial charge in [0, 0.05) is 27.8 Å². The van der Waals surface area contributed by atoms with Crippen LogP contribution in [0.5, 0.6) is 0 Å². The number of hydrogen-bond acceptors (Lipinski definition) is 6. The van der Waals surface area contributed by atoms with Crippen molar-refractivity contribution in [1.29, 1.82) is 0 Å². The first kappa shape index (κ1) is 34.3. The molecule has 4 unspecified atom stereocenters. The van der Waals surface area contributed by atoms with Gasteiger partial charge in [0.15, 0.2) is 0 Å². The maximum absolute atomic E-state index is 13.9. The van der Waals surface area contributed by atoms with Gasteiger partial charge >= 0.3 is 0 Å². The molecule has 0 aromatic rings. The van der Waals surface area contributed by atoms with E-state index >= 15 is 0 Å².